The molecule has 3 aliphatic rings. The Hall–Kier alpha value is -2.19. The molecule has 37 heavy (non-hydrogen) atoms. The molecule has 10 atom stereocenters. The Kier molecular flexibility index (Phi) is 8.95. The van der Waals surface area contributed by atoms with Crippen LogP contribution in [0.15, 0.2) is 24.3 Å². The van der Waals surface area contributed by atoms with Gasteiger partial charge in [-0.2, -0.15) is 0 Å². The van der Waals surface area contributed by atoms with E-state index in [1.807, 2.05) is 20.8 Å². The van der Waals surface area contributed by atoms with Crippen molar-refractivity contribution in [2.75, 3.05) is 0 Å². The average Bonchev–Trinajstić information content (AvgIpc) is 3.12. The Balaban J connectivity index is 2.16. The zero-order valence-corrected chi connectivity index (χ0v) is 23.3. The first-order valence-corrected chi connectivity index (χ1v) is 13.5. The lowest BCUT2D eigenvalue weighted by Crippen LogP contribution is -2.66. The smallest absolute Gasteiger partial charge is 0.308 e. The van der Waals surface area contributed by atoms with E-state index in [9.17, 15) is 19.5 Å². The second-order valence-electron chi connectivity index (χ2n) is 11.6. The number of rotatable bonds is 8. The zero-order valence-electron chi connectivity index (χ0n) is 23.3. The van der Waals surface area contributed by atoms with E-state index in [1.54, 1.807) is 6.08 Å². The minimum Gasteiger partial charge on any atom is -0.462 e. The van der Waals surface area contributed by atoms with Crippen LogP contribution in [0.25, 0.3) is 0 Å². The molecule has 1 heterocycles. The third kappa shape index (κ3) is 5.37. The average molecular weight is 521 g/mol. The summed E-state index contributed by atoms with van der Waals surface area (Å²) >= 11 is 0. The Morgan fingerprint density at radius 1 is 1.11 bits per heavy atom. The second-order valence-corrected chi connectivity index (χ2v) is 11.6. The van der Waals surface area contributed by atoms with Crippen molar-refractivity contribution in [2.24, 2.45) is 34.5 Å². The van der Waals surface area contributed by atoms with Crippen LogP contribution in [0.5, 0.6) is 0 Å². The van der Waals surface area contributed by atoms with Crippen LogP contribution in [0.2, 0.25) is 0 Å². The van der Waals surface area contributed by atoms with E-state index >= 15 is 0 Å². The lowest BCUT2D eigenvalue weighted by atomic mass is 9.43. The largest absolute Gasteiger partial charge is 0.462 e. The predicted molar refractivity (Wildman–Crippen MR) is 137 cm³/mol. The van der Waals surface area contributed by atoms with Crippen molar-refractivity contribution < 1.29 is 38.4 Å². The highest BCUT2D eigenvalue weighted by Gasteiger charge is 2.73. The van der Waals surface area contributed by atoms with Crippen LogP contribution < -0.4 is 0 Å². The Bertz CT molecular complexity index is 927. The molecule has 1 saturated heterocycles. The molecule has 0 aromatic heterocycles. The summed E-state index contributed by atoms with van der Waals surface area (Å²) in [5, 5.41) is 11.8. The van der Waals surface area contributed by atoms with Gasteiger partial charge in [0.15, 0.2) is 0 Å². The maximum atomic E-state index is 12.8. The fourth-order valence-electron chi connectivity index (χ4n) is 6.86. The van der Waals surface area contributed by atoms with E-state index in [4.69, 9.17) is 18.9 Å². The normalized spacial score (nSPS) is 40.1. The third-order valence-electron chi connectivity index (χ3n) is 9.37. The van der Waals surface area contributed by atoms with E-state index in [2.05, 4.69) is 26.5 Å². The van der Waals surface area contributed by atoms with Crippen LogP contribution in [0.3, 0.4) is 0 Å². The molecule has 208 valence electrons. The van der Waals surface area contributed by atoms with E-state index in [-0.39, 0.29) is 29.1 Å². The topological polar surface area (TPSA) is 108 Å². The van der Waals surface area contributed by atoms with Crippen molar-refractivity contribution in [3.63, 3.8) is 0 Å². The first-order valence-electron chi connectivity index (χ1n) is 13.5. The molecule has 8 heteroatoms. The molecule has 1 aliphatic heterocycles. The van der Waals surface area contributed by atoms with E-state index in [0.29, 0.717) is 32.1 Å². The number of allylic oxidation sites excluding steroid dienone is 3. The summed E-state index contributed by atoms with van der Waals surface area (Å²) in [4.78, 5) is 37.1. The number of esters is 3. The molecule has 2 saturated carbocycles. The molecule has 0 unspecified atom stereocenters. The summed E-state index contributed by atoms with van der Waals surface area (Å²) in [7, 11) is 0. The van der Waals surface area contributed by atoms with Gasteiger partial charge in [0.2, 0.25) is 12.6 Å². The molecular formula is C29H44O8. The fraction of sp³-hybridized carbons (Fsp3) is 0.759. The van der Waals surface area contributed by atoms with Crippen molar-refractivity contribution in [3.8, 4) is 0 Å². The van der Waals surface area contributed by atoms with Crippen LogP contribution >= 0.6 is 0 Å². The quantitative estimate of drug-likeness (QED) is 0.279. The molecule has 0 radical (unpaired) electrons. The monoisotopic (exact) mass is 520 g/mol. The summed E-state index contributed by atoms with van der Waals surface area (Å²) in [6.45, 7) is 16.5. The summed E-state index contributed by atoms with van der Waals surface area (Å²) in [5.74, 6) is -2.28. The van der Waals surface area contributed by atoms with E-state index in [1.165, 1.54) is 13.8 Å². The van der Waals surface area contributed by atoms with Crippen molar-refractivity contribution in [1.82, 2.24) is 0 Å². The molecule has 0 aromatic carbocycles. The molecule has 0 amide bonds. The molecule has 1 spiro atoms. The Labute approximate surface area is 220 Å². The molecular weight excluding hydrogens is 476 g/mol. The van der Waals surface area contributed by atoms with Crippen LogP contribution in [0.1, 0.15) is 80.6 Å². The van der Waals surface area contributed by atoms with Gasteiger partial charge in [-0.1, -0.05) is 52.0 Å². The minimum atomic E-state index is -1.10. The molecule has 3 rings (SSSR count). The molecule has 2 aliphatic carbocycles. The van der Waals surface area contributed by atoms with Gasteiger partial charge < -0.3 is 24.1 Å². The minimum absolute atomic E-state index is 0.0995. The second kappa shape index (κ2) is 11.3. The third-order valence-corrected chi connectivity index (χ3v) is 9.37. The van der Waals surface area contributed by atoms with Crippen molar-refractivity contribution in [1.29, 1.82) is 0 Å². The molecule has 8 nitrogen and oxygen atoms in total. The molecule has 3 fully saturated rings. The molecule has 1 N–H and O–H groups in total. The Morgan fingerprint density at radius 2 is 1.76 bits per heavy atom. The zero-order chi connectivity index (χ0) is 27.7. The van der Waals surface area contributed by atoms with Crippen LogP contribution in [-0.2, 0) is 33.3 Å². The van der Waals surface area contributed by atoms with Gasteiger partial charge in [0.1, 0.15) is 6.10 Å². The van der Waals surface area contributed by atoms with Crippen molar-refractivity contribution >= 4 is 17.9 Å². The fourth-order valence-corrected chi connectivity index (χ4v) is 6.86. The SMILES string of the molecule is C=C/C(C)=C/C[C@]1(C)[C@H]2C[C@@H](OC(=O)[C@H](C)CC)C[C@@H]3[C@H](OC(C)=O)O[C@H](OC(C)=O)[C@@]32[C@H](O)C[C@@H]1C. The van der Waals surface area contributed by atoms with E-state index in [0.717, 1.165) is 5.57 Å². The highest BCUT2D eigenvalue weighted by Crippen LogP contribution is 2.68. The maximum absolute atomic E-state index is 12.8. The molecule has 0 aromatic rings. The van der Waals surface area contributed by atoms with Gasteiger partial charge in [-0.3, -0.25) is 14.4 Å². The number of ether oxygens (including phenoxy) is 4. The van der Waals surface area contributed by atoms with Gasteiger partial charge in [-0.25, -0.2) is 0 Å². The molecule has 0 bridgehead atoms. The van der Waals surface area contributed by atoms with Gasteiger partial charge in [0, 0.05) is 19.8 Å². The van der Waals surface area contributed by atoms with Crippen LogP contribution in [0, 0.1) is 34.5 Å². The van der Waals surface area contributed by atoms with Gasteiger partial charge in [0.05, 0.1) is 17.4 Å². The number of aliphatic hydroxyl groups excluding tert-OH is 1. The first-order chi connectivity index (χ1) is 17.3. The van der Waals surface area contributed by atoms with Crippen molar-refractivity contribution in [3.05, 3.63) is 24.3 Å². The first kappa shape index (κ1) is 29.4. The number of hydrogen-bond donors (Lipinski definition) is 1. The van der Waals surface area contributed by atoms with Gasteiger partial charge in [-0.05, 0) is 56.3 Å². The summed E-state index contributed by atoms with van der Waals surface area (Å²) < 4.78 is 23.5. The number of carbonyl (C=O) groups is 3. The standard InChI is InChI=1S/C29H44O8/c1-9-16(3)11-12-28(8)18(5)13-24(32)29-22(26(34-19(6)30)37-27(29)35-20(7)31)14-21(15-23(28)29)36-25(33)17(4)10-2/h9,11,17-18,21-24,26-27,32H,1,10,12-15H2,2-8H3/b16-11+/t17-,18+,21+,22-,23-,24-,26-,27+,28+,29+/m1/s1. The lowest BCUT2D eigenvalue weighted by molar-refractivity contribution is -0.264. The number of aliphatic hydroxyl groups is 1. The van der Waals surface area contributed by atoms with Crippen molar-refractivity contribution in [2.45, 2.75) is 105 Å². The maximum Gasteiger partial charge on any atom is 0.308 e. The summed E-state index contributed by atoms with van der Waals surface area (Å²) in [6, 6.07) is 0. The highest BCUT2D eigenvalue weighted by atomic mass is 16.8. The van der Waals surface area contributed by atoms with E-state index < -0.39 is 48.1 Å². The lowest BCUT2D eigenvalue weighted by Gasteiger charge is -2.62. The van der Waals surface area contributed by atoms with Gasteiger partial charge in [0.25, 0.3) is 0 Å². The van der Waals surface area contributed by atoms with Gasteiger partial charge >= 0.3 is 17.9 Å². The number of carbonyl (C=O) groups excluding carboxylic acids is 3. The summed E-state index contributed by atoms with van der Waals surface area (Å²) in [5.41, 5.74) is -0.351. The Morgan fingerprint density at radius 3 is 2.32 bits per heavy atom. The number of hydrogen-bond acceptors (Lipinski definition) is 8. The van der Waals surface area contributed by atoms with Crippen LogP contribution in [-0.4, -0.2) is 47.8 Å². The van der Waals surface area contributed by atoms with Gasteiger partial charge in [-0.15, -0.1) is 0 Å². The summed E-state index contributed by atoms with van der Waals surface area (Å²) in [6.07, 6.45) is 3.12. The predicted octanol–water partition coefficient (Wildman–Crippen LogP) is 4.69. The highest BCUT2D eigenvalue weighted by molar-refractivity contribution is 5.72. The van der Waals surface area contributed by atoms with Crippen LogP contribution in [0.4, 0.5) is 0 Å².